The van der Waals surface area contributed by atoms with Crippen molar-refractivity contribution in [3.05, 3.63) is 0 Å². The van der Waals surface area contributed by atoms with Gasteiger partial charge in [0.05, 0.1) is 0 Å². The normalized spacial score (nSPS) is 16.2. The molecule has 0 radical (unpaired) electrons. The minimum absolute atomic E-state index is 0.882. The van der Waals surface area contributed by atoms with Gasteiger partial charge in [-0.05, 0) is 64.7 Å². The van der Waals surface area contributed by atoms with Crippen LogP contribution in [0.3, 0.4) is 0 Å². The first-order valence-corrected chi connectivity index (χ1v) is 6.82. The summed E-state index contributed by atoms with van der Waals surface area (Å²) in [6.07, 6.45) is 8.12. The zero-order valence-corrected chi connectivity index (χ0v) is 10.6. The second kappa shape index (κ2) is 8.12. The van der Waals surface area contributed by atoms with E-state index < -0.39 is 0 Å². The fourth-order valence-corrected chi connectivity index (χ4v) is 2.02. The summed E-state index contributed by atoms with van der Waals surface area (Å²) in [5, 5.41) is 3.58. The number of unbranched alkanes of at least 4 members (excludes halogenated alkanes) is 1. The molecule has 2 nitrogen and oxygen atoms in total. The molecule has 0 saturated heterocycles. The highest BCUT2D eigenvalue weighted by atomic mass is 15.1. The first kappa shape index (κ1) is 13.0. The average Bonchev–Trinajstić information content (AvgIpc) is 3.02. The van der Waals surface area contributed by atoms with Gasteiger partial charge in [0.25, 0.3) is 0 Å². The fraction of sp³-hybridized carbons (Fsp3) is 1.00. The number of hydrogen-bond acceptors (Lipinski definition) is 2. The lowest BCUT2D eigenvalue weighted by Crippen LogP contribution is -2.27. The van der Waals surface area contributed by atoms with E-state index in [0.29, 0.717) is 0 Å². The van der Waals surface area contributed by atoms with Gasteiger partial charge in [0.2, 0.25) is 0 Å². The third-order valence-electron chi connectivity index (χ3n) is 2.99. The molecule has 0 atom stereocenters. The topological polar surface area (TPSA) is 15.3 Å². The summed E-state index contributed by atoms with van der Waals surface area (Å²) in [5.74, 6) is 0. The van der Waals surface area contributed by atoms with Crippen molar-refractivity contribution in [2.45, 2.75) is 58.4 Å². The van der Waals surface area contributed by atoms with Crippen molar-refractivity contribution < 1.29 is 0 Å². The maximum absolute atomic E-state index is 3.58. The lowest BCUT2D eigenvalue weighted by atomic mass is 10.2. The van der Waals surface area contributed by atoms with Crippen molar-refractivity contribution in [1.29, 1.82) is 0 Å². The quantitative estimate of drug-likeness (QED) is 0.560. The molecule has 0 bridgehead atoms. The van der Waals surface area contributed by atoms with E-state index in [4.69, 9.17) is 0 Å². The molecule has 1 fully saturated rings. The van der Waals surface area contributed by atoms with Crippen LogP contribution in [-0.2, 0) is 0 Å². The van der Waals surface area contributed by atoms with Crippen LogP contribution in [0.4, 0.5) is 0 Å². The van der Waals surface area contributed by atoms with Crippen molar-refractivity contribution in [1.82, 2.24) is 10.2 Å². The molecule has 1 rings (SSSR count). The van der Waals surface area contributed by atoms with Crippen LogP contribution in [-0.4, -0.2) is 37.1 Å². The van der Waals surface area contributed by atoms with Gasteiger partial charge in [-0.25, -0.2) is 0 Å². The third-order valence-corrected chi connectivity index (χ3v) is 2.99. The Morgan fingerprint density at radius 2 is 1.67 bits per heavy atom. The molecular weight excluding hydrogens is 184 g/mol. The van der Waals surface area contributed by atoms with Crippen LogP contribution in [0.2, 0.25) is 0 Å². The zero-order chi connectivity index (χ0) is 10.9. The molecule has 0 aromatic carbocycles. The molecular formula is C13H28N2. The molecule has 0 aliphatic heterocycles. The Morgan fingerprint density at radius 1 is 1.00 bits per heavy atom. The largest absolute Gasteiger partial charge is 0.314 e. The van der Waals surface area contributed by atoms with Crippen LogP contribution in [0.25, 0.3) is 0 Å². The molecule has 15 heavy (non-hydrogen) atoms. The Morgan fingerprint density at radius 3 is 2.20 bits per heavy atom. The van der Waals surface area contributed by atoms with E-state index >= 15 is 0 Å². The molecule has 2 heteroatoms. The van der Waals surface area contributed by atoms with Gasteiger partial charge in [-0.3, -0.25) is 0 Å². The predicted molar refractivity (Wildman–Crippen MR) is 67.3 cm³/mol. The van der Waals surface area contributed by atoms with Crippen molar-refractivity contribution in [3.8, 4) is 0 Å². The monoisotopic (exact) mass is 212 g/mol. The number of nitrogens with zero attached hydrogens (tertiary/aromatic N) is 1. The van der Waals surface area contributed by atoms with E-state index in [-0.39, 0.29) is 0 Å². The van der Waals surface area contributed by atoms with E-state index in [1.165, 1.54) is 64.7 Å². The highest BCUT2D eigenvalue weighted by Gasteiger charge is 2.19. The highest BCUT2D eigenvalue weighted by Crippen LogP contribution is 2.18. The predicted octanol–water partition coefficient (Wildman–Crippen LogP) is 2.64. The number of hydrogen-bond donors (Lipinski definition) is 1. The molecule has 1 N–H and O–H groups in total. The second-order valence-corrected chi connectivity index (χ2v) is 4.78. The summed E-state index contributed by atoms with van der Waals surface area (Å²) in [6.45, 7) is 9.65. The zero-order valence-electron chi connectivity index (χ0n) is 10.6. The molecule has 0 aromatic rings. The molecule has 0 unspecified atom stereocenters. The van der Waals surface area contributed by atoms with Gasteiger partial charge in [0.1, 0.15) is 0 Å². The maximum atomic E-state index is 3.58. The van der Waals surface area contributed by atoms with Crippen molar-refractivity contribution in [2.75, 3.05) is 26.2 Å². The van der Waals surface area contributed by atoms with Gasteiger partial charge in [-0.15, -0.1) is 0 Å². The summed E-state index contributed by atoms with van der Waals surface area (Å²) >= 11 is 0. The minimum Gasteiger partial charge on any atom is -0.314 e. The van der Waals surface area contributed by atoms with E-state index in [9.17, 15) is 0 Å². The standard InChI is InChI=1S/C13H28N2/c1-3-10-15(11-4-2)12-6-5-9-14-13-7-8-13/h13-14H,3-12H2,1-2H3. The van der Waals surface area contributed by atoms with E-state index in [2.05, 4.69) is 24.1 Å². The van der Waals surface area contributed by atoms with Gasteiger partial charge in [-0.2, -0.15) is 0 Å². The molecule has 0 amide bonds. The summed E-state index contributed by atoms with van der Waals surface area (Å²) in [4.78, 5) is 2.61. The Kier molecular flexibility index (Phi) is 7.03. The van der Waals surface area contributed by atoms with Gasteiger partial charge in [0.15, 0.2) is 0 Å². The molecule has 0 aromatic heterocycles. The Hall–Kier alpha value is -0.0800. The lowest BCUT2D eigenvalue weighted by molar-refractivity contribution is 0.268. The van der Waals surface area contributed by atoms with Crippen LogP contribution in [0.15, 0.2) is 0 Å². The Balaban J connectivity index is 1.89. The Bertz CT molecular complexity index is 137. The van der Waals surface area contributed by atoms with Crippen molar-refractivity contribution in [3.63, 3.8) is 0 Å². The summed E-state index contributed by atoms with van der Waals surface area (Å²) in [7, 11) is 0. The maximum Gasteiger partial charge on any atom is 0.00682 e. The number of rotatable bonds is 10. The first-order valence-electron chi connectivity index (χ1n) is 6.82. The molecule has 1 saturated carbocycles. The Labute approximate surface area is 95.4 Å². The summed E-state index contributed by atoms with van der Waals surface area (Å²) < 4.78 is 0. The minimum atomic E-state index is 0.882. The molecule has 1 aliphatic carbocycles. The first-order chi connectivity index (χ1) is 7.36. The van der Waals surface area contributed by atoms with Crippen LogP contribution in [0, 0.1) is 0 Å². The van der Waals surface area contributed by atoms with Crippen LogP contribution in [0.5, 0.6) is 0 Å². The fourth-order valence-electron chi connectivity index (χ4n) is 2.02. The van der Waals surface area contributed by atoms with Crippen molar-refractivity contribution >= 4 is 0 Å². The average molecular weight is 212 g/mol. The van der Waals surface area contributed by atoms with Crippen molar-refractivity contribution in [2.24, 2.45) is 0 Å². The molecule has 0 spiro atoms. The molecule has 1 aliphatic rings. The van der Waals surface area contributed by atoms with Gasteiger partial charge in [-0.1, -0.05) is 13.8 Å². The third kappa shape index (κ3) is 6.91. The smallest absolute Gasteiger partial charge is 0.00682 e. The van der Waals surface area contributed by atoms with Gasteiger partial charge in [0, 0.05) is 6.04 Å². The second-order valence-electron chi connectivity index (χ2n) is 4.78. The van der Waals surface area contributed by atoms with E-state index in [1.807, 2.05) is 0 Å². The molecule has 90 valence electrons. The van der Waals surface area contributed by atoms with E-state index in [1.54, 1.807) is 0 Å². The molecule has 0 heterocycles. The van der Waals surface area contributed by atoms with Crippen LogP contribution >= 0.6 is 0 Å². The number of nitrogens with one attached hydrogen (secondary N) is 1. The van der Waals surface area contributed by atoms with Gasteiger partial charge < -0.3 is 10.2 Å². The van der Waals surface area contributed by atoms with Crippen LogP contribution < -0.4 is 5.32 Å². The SMILES string of the molecule is CCCN(CCC)CCCCNC1CC1. The van der Waals surface area contributed by atoms with Gasteiger partial charge >= 0.3 is 0 Å². The lowest BCUT2D eigenvalue weighted by Gasteiger charge is -2.20. The summed E-state index contributed by atoms with van der Waals surface area (Å²) in [6, 6.07) is 0.882. The van der Waals surface area contributed by atoms with E-state index in [0.717, 1.165) is 6.04 Å². The summed E-state index contributed by atoms with van der Waals surface area (Å²) in [5.41, 5.74) is 0. The highest BCUT2D eigenvalue weighted by molar-refractivity contribution is 4.80. The van der Waals surface area contributed by atoms with Crippen LogP contribution in [0.1, 0.15) is 52.4 Å².